The minimum atomic E-state index is -0.628. The fourth-order valence-corrected chi connectivity index (χ4v) is 2.37. The van der Waals surface area contributed by atoms with Gasteiger partial charge in [0.05, 0.1) is 5.69 Å². The van der Waals surface area contributed by atoms with Gasteiger partial charge in [-0.2, -0.15) is 0 Å². The maximum absolute atomic E-state index is 12.4. The Bertz CT molecular complexity index is 634. The highest BCUT2D eigenvalue weighted by Crippen LogP contribution is 2.27. The summed E-state index contributed by atoms with van der Waals surface area (Å²) in [5, 5.41) is 2.80. The van der Waals surface area contributed by atoms with Crippen LogP contribution in [0.15, 0.2) is 54.6 Å². The second kappa shape index (κ2) is 4.69. The summed E-state index contributed by atoms with van der Waals surface area (Å²) in [4.78, 5) is 24.4. The van der Waals surface area contributed by atoms with Crippen LogP contribution >= 0.6 is 0 Å². The van der Waals surface area contributed by atoms with Gasteiger partial charge >= 0.3 is 0 Å². The topological polar surface area (TPSA) is 46.2 Å². The third kappa shape index (κ3) is 2.15. The van der Waals surface area contributed by atoms with Crippen molar-refractivity contribution in [3.8, 4) is 0 Å². The van der Waals surface area contributed by atoms with Crippen molar-refractivity contribution in [3.05, 3.63) is 65.7 Å². The molecule has 1 unspecified atom stereocenters. The van der Waals surface area contributed by atoms with Crippen LogP contribution in [0.25, 0.3) is 0 Å². The zero-order valence-electron chi connectivity index (χ0n) is 10.3. The predicted molar refractivity (Wildman–Crippen MR) is 73.0 cm³/mol. The van der Waals surface area contributed by atoms with Gasteiger partial charge in [0.25, 0.3) is 0 Å². The highest BCUT2D eigenvalue weighted by atomic mass is 16.2. The van der Waals surface area contributed by atoms with E-state index in [1.54, 1.807) is 12.1 Å². The molecule has 3 heteroatoms. The third-order valence-electron chi connectivity index (χ3n) is 3.37. The average Bonchev–Trinajstić information content (AvgIpc) is 2.45. The van der Waals surface area contributed by atoms with Crippen LogP contribution in [-0.2, 0) is 11.2 Å². The zero-order chi connectivity index (χ0) is 13.2. The number of hydrogen-bond acceptors (Lipinski definition) is 2. The molecule has 1 atom stereocenters. The lowest BCUT2D eigenvalue weighted by molar-refractivity contribution is -0.118. The van der Waals surface area contributed by atoms with E-state index in [2.05, 4.69) is 5.32 Å². The van der Waals surface area contributed by atoms with Crippen molar-refractivity contribution in [3.63, 3.8) is 0 Å². The first kappa shape index (κ1) is 11.7. The minimum absolute atomic E-state index is 0.0943. The van der Waals surface area contributed by atoms with Crippen molar-refractivity contribution in [1.29, 1.82) is 0 Å². The number of fused-ring (bicyclic) bond motifs is 1. The Labute approximate surface area is 111 Å². The molecular weight excluding hydrogens is 238 g/mol. The van der Waals surface area contributed by atoms with Gasteiger partial charge < -0.3 is 5.32 Å². The van der Waals surface area contributed by atoms with Gasteiger partial charge in [0, 0.05) is 5.56 Å². The van der Waals surface area contributed by atoms with Crippen LogP contribution in [0.5, 0.6) is 0 Å². The number of hydrogen-bond donors (Lipinski definition) is 1. The van der Waals surface area contributed by atoms with Gasteiger partial charge in [-0.3, -0.25) is 9.59 Å². The lowest BCUT2D eigenvalue weighted by Crippen LogP contribution is -2.36. The largest absolute Gasteiger partial charge is 0.325 e. The summed E-state index contributed by atoms with van der Waals surface area (Å²) in [6, 6.07) is 16.7. The molecule has 3 nitrogen and oxygen atoms in total. The molecule has 0 aliphatic carbocycles. The van der Waals surface area contributed by atoms with Gasteiger partial charge in [0.1, 0.15) is 5.92 Å². The van der Waals surface area contributed by atoms with Gasteiger partial charge in [0.2, 0.25) is 5.91 Å². The molecule has 0 spiro atoms. The van der Waals surface area contributed by atoms with Crippen LogP contribution in [-0.4, -0.2) is 11.7 Å². The number of carbonyl (C=O) groups excluding carboxylic acids is 2. The monoisotopic (exact) mass is 251 g/mol. The number of Topliss-reactive ketones (excluding diaryl/α,β-unsaturated/α-hetero) is 1. The van der Waals surface area contributed by atoms with Gasteiger partial charge in [-0.05, 0) is 24.1 Å². The van der Waals surface area contributed by atoms with Gasteiger partial charge in [-0.1, -0.05) is 42.5 Å². The molecule has 1 aliphatic rings. The fourth-order valence-electron chi connectivity index (χ4n) is 2.37. The SMILES string of the molecule is O=C1Nc2ccccc2C(=O)C1Cc1ccccc1. The van der Waals surface area contributed by atoms with E-state index in [9.17, 15) is 9.59 Å². The second-order valence-corrected chi connectivity index (χ2v) is 4.64. The van der Waals surface area contributed by atoms with E-state index in [1.165, 1.54) is 0 Å². The van der Waals surface area contributed by atoms with Crippen LogP contribution in [0.1, 0.15) is 15.9 Å². The molecular formula is C16H13NO2. The molecule has 94 valence electrons. The van der Waals surface area contributed by atoms with E-state index < -0.39 is 5.92 Å². The standard InChI is InChI=1S/C16H13NO2/c18-15-12-8-4-5-9-14(12)17-16(19)13(15)10-11-6-2-1-3-7-11/h1-9,13H,10H2,(H,17,19). The van der Waals surface area contributed by atoms with Crippen molar-refractivity contribution < 1.29 is 9.59 Å². The van der Waals surface area contributed by atoms with Crippen LogP contribution in [0.4, 0.5) is 5.69 Å². The Hall–Kier alpha value is -2.42. The Morgan fingerprint density at radius 2 is 1.58 bits per heavy atom. The number of carbonyl (C=O) groups is 2. The third-order valence-corrected chi connectivity index (χ3v) is 3.37. The fraction of sp³-hybridized carbons (Fsp3) is 0.125. The normalized spacial score (nSPS) is 17.8. The van der Waals surface area contributed by atoms with E-state index >= 15 is 0 Å². The summed E-state index contributed by atoms with van der Waals surface area (Å²) in [7, 11) is 0. The van der Waals surface area contributed by atoms with Gasteiger partial charge in [-0.15, -0.1) is 0 Å². The molecule has 3 rings (SSSR count). The molecule has 2 aromatic carbocycles. The summed E-state index contributed by atoms with van der Waals surface area (Å²) in [6.07, 6.45) is 0.444. The highest BCUT2D eigenvalue weighted by Gasteiger charge is 2.33. The Morgan fingerprint density at radius 3 is 2.37 bits per heavy atom. The quantitative estimate of drug-likeness (QED) is 0.834. The Balaban J connectivity index is 1.92. The molecule has 0 saturated carbocycles. The predicted octanol–water partition coefficient (Wildman–Crippen LogP) is 2.68. The summed E-state index contributed by atoms with van der Waals surface area (Å²) in [6.45, 7) is 0. The molecule has 0 saturated heterocycles. The van der Waals surface area contributed by atoms with Crippen LogP contribution < -0.4 is 5.32 Å². The molecule has 19 heavy (non-hydrogen) atoms. The number of para-hydroxylation sites is 1. The molecule has 1 heterocycles. The Kier molecular flexibility index (Phi) is 2.88. The van der Waals surface area contributed by atoms with E-state index in [0.717, 1.165) is 5.56 Å². The van der Waals surface area contributed by atoms with Gasteiger partial charge in [-0.25, -0.2) is 0 Å². The summed E-state index contributed by atoms with van der Waals surface area (Å²) < 4.78 is 0. The van der Waals surface area contributed by atoms with E-state index in [-0.39, 0.29) is 11.7 Å². The van der Waals surface area contributed by atoms with E-state index in [0.29, 0.717) is 17.7 Å². The molecule has 2 aromatic rings. The number of anilines is 1. The molecule has 0 bridgehead atoms. The molecule has 1 amide bonds. The van der Waals surface area contributed by atoms with Gasteiger partial charge in [0.15, 0.2) is 5.78 Å². The summed E-state index contributed by atoms with van der Waals surface area (Å²) in [5.41, 5.74) is 2.21. The second-order valence-electron chi connectivity index (χ2n) is 4.64. The smallest absolute Gasteiger partial charge is 0.235 e. The maximum Gasteiger partial charge on any atom is 0.235 e. The number of ketones is 1. The number of nitrogens with one attached hydrogen (secondary N) is 1. The first-order chi connectivity index (χ1) is 9.25. The molecule has 0 fully saturated rings. The summed E-state index contributed by atoms with van der Waals surface area (Å²) >= 11 is 0. The van der Waals surface area contributed by atoms with Crippen molar-refractivity contribution >= 4 is 17.4 Å². The van der Waals surface area contributed by atoms with Crippen LogP contribution in [0.2, 0.25) is 0 Å². The number of rotatable bonds is 2. The number of amides is 1. The van der Waals surface area contributed by atoms with Crippen molar-refractivity contribution in [2.45, 2.75) is 6.42 Å². The lowest BCUT2D eigenvalue weighted by atomic mass is 9.87. The van der Waals surface area contributed by atoms with E-state index in [4.69, 9.17) is 0 Å². The lowest BCUT2D eigenvalue weighted by Gasteiger charge is -2.23. The molecule has 1 N–H and O–H groups in total. The number of benzene rings is 2. The van der Waals surface area contributed by atoms with Crippen molar-refractivity contribution in [1.82, 2.24) is 0 Å². The summed E-state index contributed by atoms with van der Waals surface area (Å²) in [5.74, 6) is -0.937. The molecule has 1 aliphatic heterocycles. The zero-order valence-corrected chi connectivity index (χ0v) is 10.3. The maximum atomic E-state index is 12.4. The minimum Gasteiger partial charge on any atom is -0.325 e. The Morgan fingerprint density at radius 1 is 0.895 bits per heavy atom. The van der Waals surface area contributed by atoms with Crippen molar-refractivity contribution in [2.75, 3.05) is 5.32 Å². The molecule has 0 aromatic heterocycles. The van der Waals surface area contributed by atoms with Crippen LogP contribution in [0, 0.1) is 5.92 Å². The van der Waals surface area contributed by atoms with Crippen LogP contribution in [0.3, 0.4) is 0 Å². The first-order valence-electron chi connectivity index (χ1n) is 6.24. The molecule has 0 radical (unpaired) electrons. The first-order valence-corrected chi connectivity index (χ1v) is 6.24. The highest BCUT2D eigenvalue weighted by molar-refractivity contribution is 6.20. The van der Waals surface area contributed by atoms with Crippen molar-refractivity contribution in [2.24, 2.45) is 5.92 Å². The van der Waals surface area contributed by atoms with E-state index in [1.807, 2.05) is 42.5 Å². The average molecular weight is 251 g/mol.